The van der Waals surface area contributed by atoms with Crippen LogP contribution in [0.2, 0.25) is 0 Å². The van der Waals surface area contributed by atoms with E-state index >= 15 is 0 Å². The van der Waals surface area contributed by atoms with Crippen LogP contribution in [0.1, 0.15) is 25.1 Å². The van der Waals surface area contributed by atoms with Crippen molar-refractivity contribution in [3.8, 4) is 0 Å². The largest absolute Gasteiger partial charge is 0.467 e. The number of ether oxygens (including phenoxy) is 1. The molecule has 0 saturated heterocycles. The monoisotopic (exact) mass is 293 g/mol. The highest BCUT2D eigenvalue weighted by Crippen LogP contribution is 2.28. The van der Waals surface area contributed by atoms with Gasteiger partial charge in [0.2, 0.25) is 0 Å². The van der Waals surface area contributed by atoms with E-state index in [1.54, 1.807) is 11.3 Å². The fourth-order valence-corrected chi connectivity index (χ4v) is 2.93. The molecule has 1 unspecified atom stereocenters. The lowest BCUT2D eigenvalue weighted by atomic mass is 10.0. The molecule has 2 aromatic heterocycles. The highest BCUT2D eigenvalue weighted by Gasteiger charge is 2.22. The van der Waals surface area contributed by atoms with Crippen LogP contribution >= 0.6 is 11.3 Å². The summed E-state index contributed by atoms with van der Waals surface area (Å²) in [5, 5.41) is 4.15. The first kappa shape index (κ1) is 14.7. The van der Waals surface area contributed by atoms with Crippen molar-refractivity contribution < 1.29 is 9.53 Å². The number of esters is 1. The Balaban J connectivity index is 2.30. The molecule has 0 fully saturated rings. The molecule has 108 valence electrons. The number of nitrogens with zero attached hydrogens (tertiary/aromatic N) is 2. The van der Waals surface area contributed by atoms with Crippen molar-refractivity contribution in [2.24, 2.45) is 5.92 Å². The Bertz CT molecular complexity index is 609. The SMILES string of the molecule is COC(=O)C(CC(C)C)Nc1ncnc2sc(C)cc12. The second-order valence-electron chi connectivity index (χ2n) is 5.15. The lowest BCUT2D eigenvalue weighted by Gasteiger charge is -2.19. The van der Waals surface area contributed by atoms with E-state index in [2.05, 4.69) is 29.1 Å². The van der Waals surface area contributed by atoms with Crippen molar-refractivity contribution in [2.75, 3.05) is 12.4 Å². The van der Waals surface area contributed by atoms with E-state index in [4.69, 9.17) is 4.74 Å². The minimum Gasteiger partial charge on any atom is -0.467 e. The van der Waals surface area contributed by atoms with E-state index in [9.17, 15) is 4.79 Å². The normalized spacial score (nSPS) is 12.7. The number of anilines is 1. The smallest absolute Gasteiger partial charge is 0.328 e. The lowest BCUT2D eigenvalue weighted by molar-refractivity contribution is -0.141. The Kier molecular flexibility index (Phi) is 4.54. The fraction of sp³-hybridized carbons (Fsp3) is 0.500. The highest BCUT2D eigenvalue weighted by atomic mass is 32.1. The van der Waals surface area contributed by atoms with Gasteiger partial charge < -0.3 is 10.1 Å². The number of rotatable bonds is 5. The summed E-state index contributed by atoms with van der Waals surface area (Å²) in [6.07, 6.45) is 2.21. The molecule has 20 heavy (non-hydrogen) atoms. The average molecular weight is 293 g/mol. The first-order valence-electron chi connectivity index (χ1n) is 6.56. The maximum Gasteiger partial charge on any atom is 0.328 e. The third kappa shape index (κ3) is 3.25. The third-order valence-electron chi connectivity index (χ3n) is 2.96. The van der Waals surface area contributed by atoms with Gasteiger partial charge in [-0.1, -0.05) is 13.8 Å². The number of hydrogen-bond donors (Lipinski definition) is 1. The molecule has 0 aromatic carbocycles. The Labute approximate surface area is 122 Å². The van der Waals surface area contributed by atoms with Gasteiger partial charge in [-0.25, -0.2) is 14.8 Å². The molecular weight excluding hydrogens is 274 g/mol. The highest BCUT2D eigenvalue weighted by molar-refractivity contribution is 7.18. The van der Waals surface area contributed by atoms with Gasteiger partial charge >= 0.3 is 5.97 Å². The number of carbonyl (C=O) groups excluding carboxylic acids is 1. The summed E-state index contributed by atoms with van der Waals surface area (Å²) >= 11 is 1.61. The van der Waals surface area contributed by atoms with Gasteiger partial charge in [-0.2, -0.15) is 0 Å². The summed E-state index contributed by atoms with van der Waals surface area (Å²) in [6.45, 7) is 6.17. The molecule has 0 aliphatic carbocycles. The number of aromatic nitrogens is 2. The van der Waals surface area contributed by atoms with Crippen molar-refractivity contribution in [3.05, 3.63) is 17.3 Å². The van der Waals surface area contributed by atoms with Crippen LogP contribution in [0.25, 0.3) is 10.2 Å². The van der Waals surface area contributed by atoms with Crippen LogP contribution in [0.15, 0.2) is 12.4 Å². The number of aryl methyl sites for hydroxylation is 1. The molecule has 2 rings (SSSR count). The standard InChI is InChI=1S/C14H19N3O2S/c1-8(2)5-11(14(18)19-4)17-12-10-6-9(3)20-13(10)16-7-15-12/h6-8,11H,5H2,1-4H3,(H,15,16,17). The second kappa shape index (κ2) is 6.17. The van der Waals surface area contributed by atoms with Crippen molar-refractivity contribution in [2.45, 2.75) is 33.2 Å². The van der Waals surface area contributed by atoms with Crippen LogP contribution in [-0.4, -0.2) is 29.1 Å². The molecule has 2 heterocycles. The Morgan fingerprint density at radius 1 is 1.45 bits per heavy atom. The molecule has 0 spiro atoms. The quantitative estimate of drug-likeness (QED) is 0.859. The predicted molar refractivity (Wildman–Crippen MR) is 81.0 cm³/mol. The van der Waals surface area contributed by atoms with Crippen molar-refractivity contribution in [1.82, 2.24) is 9.97 Å². The summed E-state index contributed by atoms with van der Waals surface area (Å²) in [6, 6.07) is 1.64. The Morgan fingerprint density at radius 2 is 2.20 bits per heavy atom. The summed E-state index contributed by atoms with van der Waals surface area (Å²) in [4.78, 5) is 22.5. The molecule has 0 bridgehead atoms. The molecule has 0 saturated carbocycles. The number of fused-ring (bicyclic) bond motifs is 1. The third-order valence-corrected chi connectivity index (χ3v) is 3.91. The Hall–Kier alpha value is -1.69. The molecule has 0 amide bonds. The van der Waals surface area contributed by atoms with Crippen molar-refractivity contribution in [3.63, 3.8) is 0 Å². The fourth-order valence-electron chi connectivity index (χ4n) is 2.08. The van der Waals surface area contributed by atoms with E-state index in [0.717, 1.165) is 10.2 Å². The van der Waals surface area contributed by atoms with E-state index in [1.165, 1.54) is 18.3 Å². The average Bonchev–Trinajstić information content (AvgIpc) is 2.78. The van der Waals surface area contributed by atoms with E-state index < -0.39 is 6.04 Å². The summed E-state index contributed by atoms with van der Waals surface area (Å²) < 4.78 is 4.86. The molecule has 0 aliphatic rings. The van der Waals surface area contributed by atoms with Crippen LogP contribution in [0, 0.1) is 12.8 Å². The minimum absolute atomic E-state index is 0.266. The number of carbonyl (C=O) groups is 1. The molecule has 1 N–H and O–H groups in total. The van der Waals surface area contributed by atoms with Crippen LogP contribution in [0.4, 0.5) is 5.82 Å². The number of hydrogen-bond acceptors (Lipinski definition) is 6. The van der Waals surface area contributed by atoms with Crippen LogP contribution in [0.3, 0.4) is 0 Å². The van der Waals surface area contributed by atoms with Gasteiger partial charge in [0.25, 0.3) is 0 Å². The number of nitrogens with one attached hydrogen (secondary N) is 1. The van der Waals surface area contributed by atoms with Gasteiger partial charge in [0, 0.05) is 4.88 Å². The number of methoxy groups -OCH3 is 1. The summed E-state index contributed by atoms with van der Waals surface area (Å²) in [5.74, 6) is 0.806. The summed E-state index contributed by atoms with van der Waals surface area (Å²) in [7, 11) is 1.40. The van der Waals surface area contributed by atoms with Crippen LogP contribution in [0.5, 0.6) is 0 Å². The van der Waals surface area contributed by atoms with Crippen molar-refractivity contribution in [1.29, 1.82) is 0 Å². The second-order valence-corrected chi connectivity index (χ2v) is 6.38. The first-order valence-corrected chi connectivity index (χ1v) is 7.38. The van der Waals surface area contributed by atoms with Gasteiger partial charge in [-0.05, 0) is 25.3 Å². The molecule has 0 radical (unpaired) electrons. The predicted octanol–water partition coefficient (Wildman–Crippen LogP) is 3.00. The van der Waals surface area contributed by atoms with E-state index in [-0.39, 0.29) is 5.97 Å². The van der Waals surface area contributed by atoms with Gasteiger partial charge in [-0.3, -0.25) is 0 Å². The topological polar surface area (TPSA) is 64.1 Å². The zero-order chi connectivity index (χ0) is 14.7. The van der Waals surface area contributed by atoms with Crippen LogP contribution < -0.4 is 5.32 Å². The molecule has 1 atom stereocenters. The molecule has 0 aliphatic heterocycles. The lowest BCUT2D eigenvalue weighted by Crippen LogP contribution is -2.32. The van der Waals surface area contributed by atoms with E-state index in [0.29, 0.717) is 18.2 Å². The maximum absolute atomic E-state index is 11.9. The van der Waals surface area contributed by atoms with Crippen LogP contribution in [-0.2, 0) is 9.53 Å². The summed E-state index contributed by atoms with van der Waals surface area (Å²) in [5.41, 5.74) is 0. The van der Waals surface area contributed by atoms with Crippen molar-refractivity contribution >= 4 is 33.3 Å². The van der Waals surface area contributed by atoms with Gasteiger partial charge in [-0.15, -0.1) is 11.3 Å². The van der Waals surface area contributed by atoms with E-state index in [1.807, 2.05) is 13.0 Å². The molecular formula is C14H19N3O2S. The zero-order valence-electron chi connectivity index (χ0n) is 12.1. The van der Waals surface area contributed by atoms with Gasteiger partial charge in [0.05, 0.1) is 12.5 Å². The zero-order valence-corrected chi connectivity index (χ0v) is 13.0. The Morgan fingerprint density at radius 3 is 2.85 bits per heavy atom. The van der Waals surface area contributed by atoms with Gasteiger partial charge in [0.1, 0.15) is 23.0 Å². The minimum atomic E-state index is -0.390. The molecule has 2 aromatic rings. The van der Waals surface area contributed by atoms with Gasteiger partial charge in [0.15, 0.2) is 0 Å². The molecule has 6 heteroatoms. The first-order chi connectivity index (χ1) is 9.51. The maximum atomic E-state index is 11.9. The molecule has 5 nitrogen and oxygen atoms in total. The number of thiophene rings is 1.